The topological polar surface area (TPSA) is 41.3 Å². The second-order valence-electron chi connectivity index (χ2n) is 5.22. The van der Waals surface area contributed by atoms with Crippen LogP contribution in [-0.4, -0.2) is 35.6 Å². The van der Waals surface area contributed by atoms with Gasteiger partial charge in [-0.15, -0.1) is 0 Å². The fourth-order valence-electron chi connectivity index (χ4n) is 2.51. The van der Waals surface area contributed by atoms with Crippen LogP contribution in [0.5, 0.6) is 0 Å². The smallest absolute Gasteiger partial charge is 0.209 e. The third-order valence-electron chi connectivity index (χ3n) is 3.47. The Balaban J connectivity index is 1.70. The van der Waals surface area contributed by atoms with Crippen molar-refractivity contribution in [2.45, 2.75) is 19.5 Å². The Morgan fingerprint density at radius 1 is 1.50 bits per heavy atom. The Morgan fingerprint density at radius 2 is 2.40 bits per heavy atom. The fourth-order valence-corrected chi connectivity index (χ4v) is 2.70. The predicted octanol–water partition coefficient (Wildman–Crippen LogP) is 2.79. The van der Waals surface area contributed by atoms with Gasteiger partial charge in [-0.2, -0.15) is 0 Å². The molecule has 106 valence electrons. The number of nitrogens with one attached hydrogen (secondary N) is 1. The number of hydrogen-bond acceptors (Lipinski definition) is 4. The van der Waals surface area contributed by atoms with Crippen LogP contribution in [0.25, 0.3) is 11.3 Å². The summed E-state index contributed by atoms with van der Waals surface area (Å²) < 4.78 is 5.83. The monoisotopic (exact) mass is 291 g/mol. The van der Waals surface area contributed by atoms with Gasteiger partial charge < -0.3 is 9.73 Å². The van der Waals surface area contributed by atoms with Crippen molar-refractivity contribution in [3.63, 3.8) is 0 Å². The molecule has 5 heteroatoms. The van der Waals surface area contributed by atoms with Crippen molar-refractivity contribution < 1.29 is 4.42 Å². The van der Waals surface area contributed by atoms with Crippen LogP contribution in [0, 0.1) is 0 Å². The van der Waals surface area contributed by atoms with E-state index in [1.165, 1.54) is 0 Å². The molecule has 0 radical (unpaired) electrons. The summed E-state index contributed by atoms with van der Waals surface area (Å²) in [5.41, 5.74) is 0.963. The van der Waals surface area contributed by atoms with Crippen molar-refractivity contribution in [1.29, 1.82) is 0 Å². The van der Waals surface area contributed by atoms with Crippen LogP contribution >= 0.6 is 11.6 Å². The first-order valence-electron chi connectivity index (χ1n) is 6.87. The lowest BCUT2D eigenvalue weighted by Gasteiger charge is -2.30. The highest BCUT2D eigenvalue weighted by Gasteiger charge is 2.17. The molecular weight excluding hydrogens is 274 g/mol. The highest BCUT2D eigenvalue weighted by atomic mass is 35.5. The second-order valence-corrected chi connectivity index (χ2v) is 5.66. The summed E-state index contributed by atoms with van der Waals surface area (Å²) in [6, 6.07) is 8.15. The second kappa shape index (κ2) is 5.95. The SMILES string of the molecule is C[C@H]1CN(Cc2ncc(-c3cccc(Cl)c3)o2)CCN1. The summed E-state index contributed by atoms with van der Waals surface area (Å²) in [4.78, 5) is 6.73. The van der Waals surface area contributed by atoms with E-state index in [1.807, 2.05) is 24.3 Å². The summed E-state index contributed by atoms with van der Waals surface area (Å²) in [5.74, 6) is 1.53. The molecule has 1 fully saturated rings. The minimum Gasteiger partial charge on any atom is -0.439 e. The highest BCUT2D eigenvalue weighted by molar-refractivity contribution is 6.30. The van der Waals surface area contributed by atoms with Gasteiger partial charge in [-0.1, -0.05) is 23.7 Å². The zero-order valence-electron chi connectivity index (χ0n) is 11.5. The van der Waals surface area contributed by atoms with Crippen molar-refractivity contribution >= 4 is 11.6 Å². The van der Waals surface area contributed by atoms with E-state index in [2.05, 4.69) is 22.1 Å². The van der Waals surface area contributed by atoms with Crippen LogP contribution in [0.15, 0.2) is 34.9 Å². The lowest BCUT2D eigenvalue weighted by atomic mass is 10.2. The van der Waals surface area contributed by atoms with Crippen LogP contribution in [0.1, 0.15) is 12.8 Å². The van der Waals surface area contributed by atoms with Gasteiger partial charge in [0, 0.05) is 36.3 Å². The number of rotatable bonds is 3. The molecule has 0 aliphatic carbocycles. The zero-order valence-corrected chi connectivity index (χ0v) is 12.2. The van der Waals surface area contributed by atoms with Gasteiger partial charge in [-0.05, 0) is 19.1 Å². The molecular formula is C15H18ClN3O. The molecule has 0 saturated carbocycles. The maximum atomic E-state index is 6.00. The van der Waals surface area contributed by atoms with E-state index < -0.39 is 0 Å². The third kappa shape index (κ3) is 3.20. The molecule has 1 aromatic heterocycles. The highest BCUT2D eigenvalue weighted by Crippen LogP contribution is 2.23. The van der Waals surface area contributed by atoms with Crippen molar-refractivity contribution in [2.75, 3.05) is 19.6 Å². The van der Waals surface area contributed by atoms with E-state index in [4.69, 9.17) is 16.0 Å². The van der Waals surface area contributed by atoms with Crippen molar-refractivity contribution in [3.8, 4) is 11.3 Å². The van der Waals surface area contributed by atoms with Crippen LogP contribution in [-0.2, 0) is 6.54 Å². The summed E-state index contributed by atoms with van der Waals surface area (Å²) in [6.45, 7) is 6.02. The van der Waals surface area contributed by atoms with Crippen LogP contribution < -0.4 is 5.32 Å². The summed E-state index contributed by atoms with van der Waals surface area (Å²) >= 11 is 6.00. The van der Waals surface area contributed by atoms with E-state index in [9.17, 15) is 0 Å². The Kier molecular flexibility index (Phi) is 4.05. The number of benzene rings is 1. The van der Waals surface area contributed by atoms with Crippen molar-refractivity contribution in [2.24, 2.45) is 0 Å². The van der Waals surface area contributed by atoms with Gasteiger partial charge in [-0.3, -0.25) is 4.90 Å². The first kappa shape index (κ1) is 13.6. The van der Waals surface area contributed by atoms with E-state index in [1.54, 1.807) is 6.20 Å². The summed E-state index contributed by atoms with van der Waals surface area (Å²) in [5, 5.41) is 4.13. The first-order chi connectivity index (χ1) is 9.70. The quantitative estimate of drug-likeness (QED) is 0.944. The average Bonchev–Trinajstić information content (AvgIpc) is 2.87. The van der Waals surface area contributed by atoms with E-state index >= 15 is 0 Å². The number of halogens is 1. The molecule has 2 heterocycles. The summed E-state index contributed by atoms with van der Waals surface area (Å²) in [6.07, 6.45) is 1.77. The van der Waals surface area contributed by atoms with E-state index in [-0.39, 0.29) is 0 Å². The van der Waals surface area contributed by atoms with E-state index in [0.29, 0.717) is 11.1 Å². The number of piperazine rings is 1. The van der Waals surface area contributed by atoms with Crippen LogP contribution in [0.2, 0.25) is 5.02 Å². The normalized spacial score (nSPS) is 20.2. The molecule has 1 N–H and O–H groups in total. The van der Waals surface area contributed by atoms with Gasteiger partial charge >= 0.3 is 0 Å². The molecule has 1 aliphatic heterocycles. The summed E-state index contributed by atoms with van der Waals surface area (Å²) in [7, 11) is 0. The predicted molar refractivity (Wildman–Crippen MR) is 79.7 cm³/mol. The molecule has 0 amide bonds. The van der Waals surface area contributed by atoms with Crippen LogP contribution in [0.4, 0.5) is 0 Å². The van der Waals surface area contributed by atoms with Gasteiger partial charge in [0.25, 0.3) is 0 Å². The average molecular weight is 292 g/mol. The number of aromatic nitrogens is 1. The maximum absolute atomic E-state index is 6.00. The molecule has 0 spiro atoms. The molecule has 1 aromatic carbocycles. The molecule has 2 aromatic rings. The lowest BCUT2D eigenvalue weighted by Crippen LogP contribution is -2.48. The molecule has 20 heavy (non-hydrogen) atoms. The Hall–Kier alpha value is -1.36. The number of oxazole rings is 1. The minimum atomic E-state index is 0.520. The van der Waals surface area contributed by atoms with Gasteiger partial charge in [0.2, 0.25) is 5.89 Å². The van der Waals surface area contributed by atoms with Crippen LogP contribution in [0.3, 0.4) is 0 Å². The molecule has 4 nitrogen and oxygen atoms in total. The van der Waals surface area contributed by atoms with Crippen molar-refractivity contribution in [3.05, 3.63) is 41.4 Å². The Labute approximate surface area is 123 Å². The molecule has 0 unspecified atom stereocenters. The molecule has 1 aliphatic rings. The standard InChI is InChI=1S/C15H18ClN3O/c1-11-9-19(6-5-17-11)10-15-18-8-14(20-15)12-3-2-4-13(16)7-12/h2-4,7-8,11,17H,5-6,9-10H2,1H3/t11-/m0/s1. The first-order valence-corrected chi connectivity index (χ1v) is 7.25. The minimum absolute atomic E-state index is 0.520. The van der Waals surface area contributed by atoms with Crippen molar-refractivity contribution in [1.82, 2.24) is 15.2 Å². The molecule has 0 bridgehead atoms. The maximum Gasteiger partial charge on any atom is 0.209 e. The van der Waals surface area contributed by atoms with Gasteiger partial charge in [0.05, 0.1) is 12.7 Å². The van der Waals surface area contributed by atoms with Gasteiger partial charge in [0.15, 0.2) is 5.76 Å². The zero-order chi connectivity index (χ0) is 13.9. The Morgan fingerprint density at radius 3 is 3.20 bits per heavy atom. The molecule has 1 atom stereocenters. The lowest BCUT2D eigenvalue weighted by molar-refractivity contribution is 0.184. The number of nitrogens with zero attached hydrogens (tertiary/aromatic N) is 2. The van der Waals surface area contributed by atoms with Gasteiger partial charge in [-0.25, -0.2) is 4.98 Å². The van der Waals surface area contributed by atoms with E-state index in [0.717, 1.165) is 43.4 Å². The largest absolute Gasteiger partial charge is 0.439 e. The van der Waals surface area contributed by atoms with Gasteiger partial charge in [0.1, 0.15) is 0 Å². The fraction of sp³-hybridized carbons (Fsp3) is 0.400. The third-order valence-corrected chi connectivity index (χ3v) is 3.71. The number of hydrogen-bond donors (Lipinski definition) is 1. The molecule has 3 rings (SSSR count). The Bertz CT molecular complexity index is 584. The molecule has 1 saturated heterocycles.